The summed E-state index contributed by atoms with van der Waals surface area (Å²) in [6.45, 7) is 4.83. The van der Waals surface area contributed by atoms with E-state index < -0.39 is 0 Å². The fourth-order valence-electron chi connectivity index (χ4n) is 14.1. The monoisotopic (exact) mass is 1100 g/mol. The van der Waals surface area contributed by atoms with Crippen LogP contribution < -0.4 is 9.80 Å². The fraction of sp³-hybridized carbons (Fsp3) is 0.0361. The first kappa shape index (κ1) is 49.6. The van der Waals surface area contributed by atoms with Crippen molar-refractivity contribution in [1.82, 2.24) is 4.40 Å². The Balaban J connectivity index is 0.842. The molecule has 14 aromatic carbocycles. The van der Waals surface area contributed by atoms with Crippen LogP contribution in [0.25, 0.3) is 115 Å². The van der Waals surface area contributed by atoms with Crippen LogP contribution in [0, 0.1) is 0 Å². The van der Waals surface area contributed by atoms with Crippen LogP contribution in [0.2, 0.25) is 0 Å². The maximum Gasteiger partial charge on any atom is 0.0626 e. The van der Waals surface area contributed by atoms with Crippen LogP contribution in [0.4, 0.5) is 34.1 Å². The molecule has 0 aliphatic heterocycles. The van der Waals surface area contributed by atoms with Gasteiger partial charge in [-0.1, -0.05) is 220 Å². The van der Waals surface area contributed by atoms with Gasteiger partial charge in [-0.2, -0.15) is 0 Å². The van der Waals surface area contributed by atoms with E-state index in [1.54, 1.807) is 0 Å². The highest BCUT2D eigenvalue weighted by molar-refractivity contribution is 6.30. The second-order valence-corrected chi connectivity index (χ2v) is 23.7. The number of fused-ring (bicyclic) bond motifs is 12. The Morgan fingerprint density at radius 3 is 1.03 bits per heavy atom. The lowest BCUT2D eigenvalue weighted by atomic mass is 9.81. The van der Waals surface area contributed by atoms with Crippen molar-refractivity contribution in [2.24, 2.45) is 0 Å². The van der Waals surface area contributed by atoms with Gasteiger partial charge in [-0.25, -0.2) is 0 Å². The first-order chi connectivity index (χ1) is 42.4. The van der Waals surface area contributed by atoms with E-state index in [-0.39, 0.29) is 5.41 Å². The number of benzene rings is 14. The van der Waals surface area contributed by atoms with Crippen molar-refractivity contribution in [2.45, 2.75) is 19.3 Å². The minimum Gasteiger partial charge on any atom is -0.310 e. The summed E-state index contributed by atoms with van der Waals surface area (Å²) < 4.78 is 2.59. The Hall–Kier alpha value is -11.0. The van der Waals surface area contributed by atoms with E-state index in [1.807, 2.05) is 0 Å². The first-order valence-electron chi connectivity index (χ1n) is 29.9. The van der Waals surface area contributed by atoms with E-state index in [4.69, 9.17) is 0 Å². The molecule has 0 atom stereocenters. The number of nitrogens with zero attached hydrogens (tertiary/aromatic N) is 3. The summed E-state index contributed by atoms with van der Waals surface area (Å²) in [7, 11) is 0. The molecule has 17 rings (SSSR count). The average molecular weight is 1100 g/mol. The van der Waals surface area contributed by atoms with Gasteiger partial charge in [0.15, 0.2) is 0 Å². The van der Waals surface area contributed by atoms with Gasteiger partial charge in [-0.3, -0.25) is 0 Å². The van der Waals surface area contributed by atoms with Crippen molar-refractivity contribution in [3.05, 3.63) is 321 Å². The summed E-state index contributed by atoms with van der Waals surface area (Å²) in [5, 5.41) is 9.95. The Kier molecular flexibility index (Phi) is 11.3. The van der Waals surface area contributed by atoms with Crippen LogP contribution >= 0.6 is 0 Å². The number of anilines is 6. The Morgan fingerprint density at radius 2 is 0.616 bits per heavy atom. The molecule has 1 aliphatic carbocycles. The molecule has 16 aromatic rings. The Bertz CT molecular complexity index is 5080. The molecule has 0 bridgehead atoms. The molecule has 404 valence electrons. The van der Waals surface area contributed by atoms with Gasteiger partial charge in [0.1, 0.15) is 0 Å². The molecule has 0 fully saturated rings. The molecule has 86 heavy (non-hydrogen) atoms. The molecular formula is C83H57N3. The minimum atomic E-state index is -0.207. The number of rotatable bonds is 10. The normalized spacial score (nSPS) is 12.6. The second kappa shape index (κ2) is 19.6. The van der Waals surface area contributed by atoms with Gasteiger partial charge in [0, 0.05) is 61.1 Å². The zero-order chi connectivity index (χ0) is 57.0. The zero-order valence-corrected chi connectivity index (χ0v) is 47.8. The lowest BCUT2D eigenvalue weighted by Crippen LogP contribution is -2.14. The first-order valence-corrected chi connectivity index (χ1v) is 29.9. The number of hydrogen-bond acceptors (Lipinski definition) is 2. The van der Waals surface area contributed by atoms with Gasteiger partial charge >= 0.3 is 0 Å². The Labute approximate surface area is 500 Å². The highest BCUT2D eigenvalue weighted by atomic mass is 15.1. The van der Waals surface area contributed by atoms with Gasteiger partial charge < -0.3 is 14.2 Å². The lowest BCUT2D eigenvalue weighted by Gasteiger charge is -2.26. The lowest BCUT2D eigenvalue weighted by molar-refractivity contribution is 0.661. The van der Waals surface area contributed by atoms with E-state index in [0.717, 1.165) is 34.1 Å². The van der Waals surface area contributed by atoms with Gasteiger partial charge in [0.25, 0.3) is 0 Å². The van der Waals surface area contributed by atoms with Crippen molar-refractivity contribution in [1.29, 1.82) is 0 Å². The van der Waals surface area contributed by atoms with E-state index >= 15 is 0 Å². The maximum atomic E-state index is 2.59. The van der Waals surface area contributed by atoms with E-state index in [1.165, 1.54) is 126 Å². The SMILES string of the molecule is CC1(C)c2ccccc2-c2c1cc1c3cc4cc(N(c5ccc(-c6ccccc6)cc5)c5ccc(-c6ccccc6)cc5)ccc4cc3n3c4cc5ccc(N(c6ccc(-c7ccccc7)cc6)c6ccc(-c7ccccc7)cc6)cc5cc4c2c13. The maximum absolute atomic E-state index is 2.59. The molecule has 3 nitrogen and oxygen atoms in total. The van der Waals surface area contributed by atoms with Gasteiger partial charge in [-0.05, 0) is 191 Å². The van der Waals surface area contributed by atoms with Crippen molar-refractivity contribution in [3.8, 4) is 55.6 Å². The van der Waals surface area contributed by atoms with E-state index in [9.17, 15) is 0 Å². The van der Waals surface area contributed by atoms with Crippen LogP contribution in [0.1, 0.15) is 25.0 Å². The minimum absolute atomic E-state index is 0.207. The smallest absolute Gasteiger partial charge is 0.0626 e. The van der Waals surface area contributed by atoms with Crippen molar-refractivity contribution >= 4 is 93.8 Å². The van der Waals surface area contributed by atoms with Crippen LogP contribution in [-0.4, -0.2) is 4.40 Å². The van der Waals surface area contributed by atoms with Gasteiger partial charge in [0.2, 0.25) is 0 Å². The van der Waals surface area contributed by atoms with Gasteiger partial charge in [0.05, 0.1) is 16.6 Å². The van der Waals surface area contributed by atoms with Gasteiger partial charge in [-0.15, -0.1) is 0 Å². The summed E-state index contributed by atoms with van der Waals surface area (Å²) in [5.74, 6) is 0. The second-order valence-electron chi connectivity index (χ2n) is 23.7. The predicted octanol–water partition coefficient (Wildman–Crippen LogP) is 23.1. The van der Waals surface area contributed by atoms with Crippen LogP contribution in [0.5, 0.6) is 0 Å². The molecular weight excluding hydrogens is 1040 g/mol. The summed E-state index contributed by atoms with van der Waals surface area (Å²) in [4.78, 5) is 4.81. The van der Waals surface area contributed by atoms with Crippen LogP contribution in [0.3, 0.4) is 0 Å². The molecule has 0 saturated heterocycles. The third kappa shape index (κ3) is 7.96. The highest BCUT2D eigenvalue weighted by Crippen LogP contribution is 2.56. The predicted molar refractivity (Wildman–Crippen MR) is 365 cm³/mol. The van der Waals surface area contributed by atoms with Crippen molar-refractivity contribution in [3.63, 3.8) is 0 Å². The standard InChI is InChI=1S/C83H57N3/c1-83(2)76-26-16-15-25-72(76)80-77(83)53-74-73-49-64-47-70(84(66-37-27-58(28-38-66)54-17-7-3-8-18-54)67-39-29-59(30-40-67)55-19-9-4-10-20-55)45-35-62(64)51-78(73)86-79-52-63-36-46-71(48-65(63)50-75(79)81(80)82(74)86)85(68-41-31-60(32-42-68)56-21-11-5-12-22-56)69-43-33-61(34-44-69)57-23-13-6-14-24-57/h3-53H,1-2H3. The molecule has 0 amide bonds. The summed E-state index contributed by atoms with van der Waals surface area (Å²) in [5.41, 5.74) is 25.2. The summed E-state index contributed by atoms with van der Waals surface area (Å²) in [6, 6.07) is 114. The molecule has 0 N–H and O–H groups in total. The summed E-state index contributed by atoms with van der Waals surface area (Å²) >= 11 is 0. The van der Waals surface area contributed by atoms with Crippen LogP contribution in [0.15, 0.2) is 309 Å². The average Bonchev–Trinajstić information content (AvgIpc) is 1.52. The quantitative estimate of drug-likeness (QED) is 0.135. The molecule has 0 radical (unpaired) electrons. The van der Waals surface area contributed by atoms with Crippen LogP contribution in [-0.2, 0) is 5.41 Å². The van der Waals surface area contributed by atoms with Crippen molar-refractivity contribution in [2.75, 3.05) is 9.80 Å². The molecule has 0 spiro atoms. The topological polar surface area (TPSA) is 10.9 Å². The third-order valence-corrected chi connectivity index (χ3v) is 18.4. The molecule has 0 saturated carbocycles. The summed E-state index contributed by atoms with van der Waals surface area (Å²) in [6.07, 6.45) is 0. The van der Waals surface area contributed by atoms with E-state index in [0.29, 0.717) is 0 Å². The molecule has 1 aliphatic rings. The fourth-order valence-corrected chi connectivity index (χ4v) is 14.1. The molecule has 0 unspecified atom stereocenters. The number of hydrogen-bond donors (Lipinski definition) is 0. The molecule has 2 aromatic heterocycles. The van der Waals surface area contributed by atoms with E-state index in [2.05, 4.69) is 337 Å². The molecule has 2 heterocycles. The van der Waals surface area contributed by atoms with Crippen molar-refractivity contribution < 1.29 is 0 Å². The largest absolute Gasteiger partial charge is 0.310 e. The zero-order valence-electron chi connectivity index (χ0n) is 47.8. The molecule has 3 heteroatoms. The Morgan fingerprint density at radius 1 is 0.267 bits per heavy atom. The highest BCUT2D eigenvalue weighted by Gasteiger charge is 2.39. The number of aromatic nitrogens is 1. The third-order valence-electron chi connectivity index (χ3n) is 18.4.